The van der Waals surface area contributed by atoms with Crippen LogP contribution in [0.4, 0.5) is 0 Å². The number of nitriles is 3. The zero-order valence-corrected chi connectivity index (χ0v) is 13.6. The maximum absolute atomic E-state index is 9.74. The van der Waals surface area contributed by atoms with Gasteiger partial charge in [-0.25, -0.2) is 0 Å². The Balaban J connectivity index is 2.29. The van der Waals surface area contributed by atoms with E-state index in [0.29, 0.717) is 5.57 Å². The van der Waals surface area contributed by atoms with Gasteiger partial charge in [-0.05, 0) is 43.2 Å². The number of nitrogens with zero attached hydrogens (tertiary/aromatic N) is 3. The van der Waals surface area contributed by atoms with Gasteiger partial charge in [0.25, 0.3) is 0 Å². The molecule has 2 N–H and O–H groups in total. The van der Waals surface area contributed by atoms with Gasteiger partial charge in [-0.2, -0.15) is 15.8 Å². The predicted molar refractivity (Wildman–Crippen MR) is 89.8 cm³/mol. The second kappa shape index (κ2) is 5.88. The molecule has 0 radical (unpaired) electrons. The average molecular weight is 314 g/mol. The van der Waals surface area contributed by atoms with Gasteiger partial charge in [0.2, 0.25) is 5.41 Å². The van der Waals surface area contributed by atoms with Gasteiger partial charge >= 0.3 is 0 Å². The summed E-state index contributed by atoms with van der Waals surface area (Å²) in [6.07, 6.45) is 4.67. The van der Waals surface area contributed by atoms with Gasteiger partial charge in [0.15, 0.2) is 0 Å². The van der Waals surface area contributed by atoms with Gasteiger partial charge in [0.05, 0.1) is 29.5 Å². The van der Waals surface area contributed by atoms with Crippen molar-refractivity contribution < 1.29 is 0 Å². The van der Waals surface area contributed by atoms with Crippen LogP contribution < -0.4 is 5.73 Å². The van der Waals surface area contributed by atoms with Crippen LogP contribution in [0, 0.1) is 52.2 Å². The summed E-state index contributed by atoms with van der Waals surface area (Å²) in [6, 6.07) is 14.5. The Bertz CT molecular complexity index is 839. The van der Waals surface area contributed by atoms with E-state index in [2.05, 4.69) is 18.2 Å². The number of rotatable bonds is 1. The normalized spacial score (nSPS) is 24.8. The number of benzene rings is 1. The molecule has 0 heterocycles. The molecule has 0 saturated carbocycles. The van der Waals surface area contributed by atoms with Crippen LogP contribution in [0.15, 0.2) is 47.2 Å². The molecule has 118 valence electrons. The van der Waals surface area contributed by atoms with Crippen LogP contribution in [0.25, 0.3) is 0 Å². The molecular formula is C20H18N4. The van der Waals surface area contributed by atoms with Crippen molar-refractivity contribution in [3.8, 4) is 18.2 Å². The SMILES string of the molecule is Cc1ccc(C2C(C#N)=C(N)C(C#N)(C#N)C3=CCCCC32)cc1. The van der Waals surface area contributed by atoms with Crippen molar-refractivity contribution in [2.24, 2.45) is 17.1 Å². The molecule has 0 aromatic heterocycles. The maximum Gasteiger partial charge on any atom is 0.204 e. The Kier molecular flexibility index (Phi) is 3.88. The van der Waals surface area contributed by atoms with E-state index < -0.39 is 5.41 Å². The van der Waals surface area contributed by atoms with Gasteiger partial charge < -0.3 is 5.73 Å². The molecule has 4 nitrogen and oxygen atoms in total. The van der Waals surface area contributed by atoms with Crippen molar-refractivity contribution in [2.75, 3.05) is 0 Å². The molecule has 4 heteroatoms. The molecule has 1 aromatic carbocycles. The molecular weight excluding hydrogens is 296 g/mol. The van der Waals surface area contributed by atoms with Crippen molar-refractivity contribution in [1.29, 1.82) is 15.8 Å². The molecule has 0 amide bonds. The third-order valence-corrected chi connectivity index (χ3v) is 5.22. The smallest absolute Gasteiger partial charge is 0.204 e. The highest BCUT2D eigenvalue weighted by molar-refractivity contribution is 5.58. The summed E-state index contributed by atoms with van der Waals surface area (Å²) in [6.45, 7) is 2.02. The number of hydrogen-bond acceptors (Lipinski definition) is 4. The highest BCUT2D eigenvalue weighted by Gasteiger charge is 2.51. The van der Waals surface area contributed by atoms with E-state index in [4.69, 9.17) is 5.73 Å². The Labute approximate surface area is 142 Å². The highest BCUT2D eigenvalue weighted by Crippen LogP contribution is 2.54. The van der Waals surface area contributed by atoms with Gasteiger partial charge in [-0.3, -0.25) is 0 Å². The van der Waals surface area contributed by atoms with Crippen molar-refractivity contribution in [1.82, 2.24) is 0 Å². The van der Waals surface area contributed by atoms with E-state index in [-0.39, 0.29) is 17.5 Å². The zero-order valence-electron chi connectivity index (χ0n) is 13.6. The fourth-order valence-corrected chi connectivity index (χ4v) is 3.98. The standard InChI is InChI=1S/C20H18N4/c1-13-6-8-14(9-7-13)18-15-4-2-3-5-17(15)20(11-22,12-23)19(24)16(18)10-21/h5-9,15,18H,2-4,24H2,1H3. The van der Waals surface area contributed by atoms with E-state index >= 15 is 0 Å². The van der Waals surface area contributed by atoms with Gasteiger partial charge in [-0.1, -0.05) is 35.9 Å². The lowest BCUT2D eigenvalue weighted by atomic mass is 9.58. The molecule has 0 aliphatic heterocycles. The third-order valence-electron chi connectivity index (χ3n) is 5.22. The molecule has 2 unspecified atom stereocenters. The Morgan fingerprint density at radius 2 is 1.79 bits per heavy atom. The first-order chi connectivity index (χ1) is 11.6. The number of hydrogen-bond donors (Lipinski definition) is 1. The summed E-state index contributed by atoms with van der Waals surface area (Å²) >= 11 is 0. The molecule has 0 fully saturated rings. The fraction of sp³-hybridized carbons (Fsp3) is 0.350. The lowest BCUT2D eigenvalue weighted by Crippen LogP contribution is -2.40. The summed E-state index contributed by atoms with van der Waals surface area (Å²) in [5, 5.41) is 29.2. The first-order valence-electron chi connectivity index (χ1n) is 8.09. The minimum atomic E-state index is -1.50. The highest BCUT2D eigenvalue weighted by atomic mass is 14.7. The summed E-state index contributed by atoms with van der Waals surface area (Å²) in [5.74, 6) is -0.209. The van der Waals surface area contributed by atoms with Gasteiger partial charge in [0, 0.05) is 5.92 Å². The van der Waals surface area contributed by atoms with Crippen LogP contribution in [-0.2, 0) is 0 Å². The molecule has 0 bridgehead atoms. The number of nitrogens with two attached hydrogens (primary N) is 1. The monoisotopic (exact) mass is 314 g/mol. The first-order valence-corrected chi connectivity index (χ1v) is 8.09. The maximum atomic E-state index is 9.74. The Morgan fingerprint density at radius 3 is 2.38 bits per heavy atom. The zero-order chi connectivity index (χ0) is 17.3. The molecule has 1 aromatic rings. The molecule has 2 atom stereocenters. The van der Waals surface area contributed by atoms with E-state index in [1.807, 2.05) is 37.3 Å². The van der Waals surface area contributed by atoms with E-state index in [1.165, 1.54) is 0 Å². The predicted octanol–water partition coefficient (Wildman–Crippen LogP) is 3.59. The van der Waals surface area contributed by atoms with Crippen molar-refractivity contribution in [3.63, 3.8) is 0 Å². The molecule has 0 spiro atoms. The topological polar surface area (TPSA) is 97.4 Å². The van der Waals surface area contributed by atoms with E-state index in [9.17, 15) is 15.8 Å². The van der Waals surface area contributed by atoms with E-state index in [1.54, 1.807) is 0 Å². The Morgan fingerprint density at radius 1 is 1.12 bits per heavy atom. The largest absolute Gasteiger partial charge is 0.399 e. The lowest BCUT2D eigenvalue weighted by Gasteiger charge is -2.42. The molecule has 2 aliphatic rings. The lowest BCUT2D eigenvalue weighted by molar-refractivity contribution is 0.391. The van der Waals surface area contributed by atoms with Crippen molar-refractivity contribution in [3.05, 3.63) is 58.3 Å². The number of aryl methyl sites for hydroxylation is 1. The van der Waals surface area contributed by atoms with Crippen LogP contribution in [0.3, 0.4) is 0 Å². The summed E-state index contributed by atoms with van der Waals surface area (Å²) in [4.78, 5) is 0. The van der Waals surface area contributed by atoms with Crippen LogP contribution in [0.1, 0.15) is 36.3 Å². The van der Waals surface area contributed by atoms with Crippen LogP contribution >= 0.6 is 0 Å². The number of allylic oxidation sites excluding steroid dienone is 3. The third kappa shape index (κ3) is 2.10. The second-order valence-corrected chi connectivity index (χ2v) is 6.50. The molecule has 3 rings (SSSR count). The Hall–Kier alpha value is -3.03. The first kappa shape index (κ1) is 15.9. The summed E-state index contributed by atoms with van der Waals surface area (Å²) < 4.78 is 0. The number of fused-ring (bicyclic) bond motifs is 1. The molecule has 24 heavy (non-hydrogen) atoms. The molecule has 0 saturated heterocycles. The van der Waals surface area contributed by atoms with Gasteiger partial charge in [0.1, 0.15) is 0 Å². The molecule has 2 aliphatic carbocycles. The van der Waals surface area contributed by atoms with Crippen molar-refractivity contribution in [2.45, 2.75) is 32.1 Å². The quantitative estimate of drug-likeness (QED) is 0.801. The van der Waals surface area contributed by atoms with Crippen molar-refractivity contribution >= 4 is 0 Å². The average Bonchev–Trinajstić information content (AvgIpc) is 2.62. The van der Waals surface area contributed by atoms with Crippen LogP contribution in [0.2, 0.25) is 0 Å². The summed E-state index contributed by atoms with van der Waals surface area (Å²) in [5.41, 5.74) is 8.13. The fourth-order valence-electron chi connectivity index (χ4n) is 3.98. The van der Waals surface area contributed by atoms with Gasteiger partial charge in [-0.15, -0.1) is 0 Å². The second-order valence-electron chi connectivity index (χ2n) is 6.50. The minimum Gasteiger partial charge on any atom is -0.399 e. The van der Waals surface area contributed by atoms with Crippen LogP contribution in [-0.4, -0.2) is 0 Å². The van der Waals surface area contributed by atoms with E-state index in [0.717, 1.165) is 36.0 Å². The minimum absolute atomic E-state index is 0.0253. The van der Waals surface area contributed by atoms with Crippen LogP contribution in [0.5, 0.6) is 0 Å². The summed E-state index contributed by atoms with van der Waals surface area (Å²) in [7, 11) is 0.